The summed E-state index contributed by atoms with van der Waals surface area (Å²) >= 11 is 1.69. The lowest BCUT2D eigenvalue weighted by Gasteiger charge is -2.10. The van der Waals surface area contributed by atoms with E-state index in [-0.39, 0.29) is 11.6 Å². The molecule has 7 heteroatoms. The fraction of sp³-hybridized carbons (Fsp3) is 0.200. The van der Waals surface area contributed by atoms with E-state index in [1.54, 1.807) is 17.5 Å². The van der Waals surface area contributed by atoms with Gasteiger partial charge >= 0.3 is 0 Å². The van der Waals surface area contributed by atoms with Crippen LogP contribution in [0.4, 0.5) is 5.82 Å². The fourth-order valence-electron chi connectivity index (χ4n) is 2.02. The monoisotopic (exact) mass is 313 g/mol. The summed E-state index contributed by atoms with van der Waals surface area (Å²) in [4.78, 5) is 23.8. The first-order valence-corrected chi connectivity index (χ1v) is 7.66. The first kappa shape index (κ1) is 14.4. The van der Waals surface area contributed by atoms with Gasteiger partial charge in [-0.1, -0.05) is 19.1 Å². The molecule has 1 aromatic carbocycles. The van der Waals surface area contributed by atoms with E-state index in [0.717, 1.165) is 10.5 Å². The number of rotatable bonds is 5. The van der Waals surface area contributed by atoms with Crippen LogP contribution in [0.15, 0.2) is 36.7 Å². The topological polar surface area (TPSA) is 93.8 Å². The van der Waals surface area contributed by atoms with Crippen LogP contribution in [0.5, 0.6) is 0 Å². The molecule has 0 fully saturated rings. The predicted molar refractivity (Wildman–Crippen MR) is 87.1 cm³/mol. The molecule has 1 atom stereocenters. The summed E-state index contributed by atoms with van der Waals surface area (Å²) in [6.45, 7) is 2.74. The van der Waals surface area contributed by atoms with Crippen molar-refractivity contribution < 1.29 is 4.79 Å². The Kier molecular flexibility index (Phi) is 3.97. The molecular formula is C15H15N5OS. The van der Waals surface area contributed by atoms with E-state index < -0.39 is 5.91 Å². The van der Waals surface area contributed by atoms with Crippen molar-refractivity contribution in [2.45, 2.75) is 12.8 Å². The van der Waals surface area contributed by atoms with E-state index in [2.05, 4.69) is 33.3 Å². The number of nitrogens with two attached hydrogens (primary N) is 1. The van der Waals surface area contributed by atoms with Gasteiger partial charge in [-0.2, -0.15) is 0 Å². The Labute approximate surface area is 131 Å². The normalized spacial score (nSPS) is 12.2. The van der Waals surface area contributed by atoms with Crippen LogP contribution in [-0.2, 0) is 0 Å². The number of anilines is 1. The number of nitrogens with one attached hydrogen (secondary N) is 1. The minimum absolute atomic E-state index is 0.151. The third kappa shape index (κ3) is 3.04. The standard InChI is InChI=1S/C15H15N5OS/c1-9(15-20-10-4-2-3-5-12(10)22-15)6-18-13-8-17-7-11(19-13)14(16)21/h2-5,7-9H,6H2,1H3,(H2,16,21)(H,18,19)/t9-/m0/s1. The maximum atomic E-state index is 11.1. The molecule has 3 aromatic rings. The summed E-state index contributed by atoms with van der Waals surface area (Å²) in [5.41, 5.74) is 6.36. The number of amides is 1. The van der Waals surface area contributed by atoms with E-state index in [0.29, 0.717) is 12.4 Å². The zero-order valence-corrected chi connectivity index (χ0v) is 12.8. The van der Waals surface area contributed by atoms with Crippen LogP contribution >= 0.6 is 11.3 Å². The second-order valence-electron chi connectivity index (χ2n) is 4.96. The largest absolute Gasteiger partial charge is 0.368 e. The van der Waals surface area contributed by atoms with Gasteiger partial charge < -0.3 is 11.1 Å². The number of fused-ring (bicyclic) bond motifs is 1. The van der Waals surface area contributed by atoms with Gasteiger partial charge in [0, 0.05) is 12.5 Å². The zero-order valence-electron chi connectivity index (χ0n) is 12.0. The van der Waals surface area contributed by atoms with Gasteiger partial charge in [-0.3, -0.25) is 9.78 Å². The number of hydrogen-bond donors (Lipinski definition) is 2. The average molecular weight is 313 g/mol. The van der Waals surface area contributed by atoms with Crippen LogP contribution in [0, 0.1) is 0 Å². The van der Waals surface area contributed by atoms with Gasteiger partial charge in [0.05, 0.1) is 27.6 Å². The Morgan fingerprint density at radius 3 is 2.91 bits per heavy atom. The van der Waals surface area contributed by atoms with Gasteiger partial charge in [0.2, 0.25) is 0 Å². The van der Waals surface area contributed by atoms with Crippen molar-refractivity contribution in [3.8, 4) is 0 Å². The molecule has 3 rings (SSSR count). The molecule has 0 radical (unpaired) electrons. The van der Waals surface area contributed by atoms with Crippen LogP contribution in [0.3, 0.4) is 0 Å². The molecule has 1 amide bonds. The lowest BCUT2D eigenvalue weighted by atomic mass is 10.2. The van der Waals surface area contributed by atoms with E-state index >= 15 is 0 Å². The summed E-state index contributed by atoms with van der Waals surface area (Å²) in [5, 5.41) is 4.23. The minimum Gasteiger partial charge on any atom is -0.368 e. The molecule has 0 aliphatic rings. The minimum atomic E-state index is -0.588. The lowest BCUT2D eigenvalue weighted by molar-refractivity contribution is 0.0995. The number of primary amides is 1. The van der Waals surface area contributed by atoms with Crippen LogP contribution in [0.25, 0.3) is 10.2 Å². The number of hydrogen-bond acceptors (Lipinski definition) is 6. The molecule has 0 aliphatic heterocycles. The smallest absolute Gasteiger partial charge is 0.268 e. The lowest BCUT2D eigenvalue weighted by Crippen LogP contribution is -2.16. The van der Waals surface area contributed by atoms with Crippen molar-refractivity contribution in [3.63, 3.8) is 0 Å². The quantitative estimate of drug-likeness (QED) is 0.754. The molecule has 0 saturated heterocycles. The zero-order chi connectivity index (χ0) is 15.5. The Bertz CT molecular complexity index is 783. The Morgan fingerprint density at radius 1 is 1.32 bits per heavy atom. The Hall–Kier alpha value is -2.54. The highest BCUT2D eigenvalue weighted by Crippen LogP contribution is 2.27. The van der Waals surface area contributed by atoms with Gasteiger partial charge in [0.1, 0.15) is 11.5 Å². The summed E-state index contributed by atoms with van der Waals surface area (Å²) in [6.07, 6.45) is 2.92. The van der Waals surface area contributed by atoms with E-state index in [1.165, 1.54) is 10.9 Å². The third-order valence-electron chi connectivity index (χ3n) is 3.21. The van der Waals surface area contributed by atoms with Crippen LogP contribution < -0.4 is 11.1 Å². The van der Waals surface area contributed by atoms with E-state index in [1.807, 2.05) is 18.2 Å². The Balaban J connectivity index is 1.70. The van der Waals surface area contributed by atoms with E-state index in [4.69, 9.17) is 5.73 Å². The van der Waals surface area contributed by atoms with Crippen LogP contribution in [0.1, 0.15) is 28.3 Å². The molecule has 6 nitrogen and oxygen atoms in total. The molecule has 0 aliphatic carbocycles. The van der Waals surface area contributed by atoms with Gasteiger partial charge in [-0.15, -0.1) is 11.3 Å². The number of nitrogens with zero attached hydrogens (tertiary/aromatic N) is 3. The number of benzene rings is 1. The molecule has 0 unspecified atom stereocenters. The highest BCUT2D eigenvalue weighted by Gasteiger charge is 2.12. The first-order valence-electron chi connectivity index (χ1n) is 6.84. The summed E-state index contributed by atoms with van der Waals surface area (Å²) in [5.74, 6) is 0.163. The molecule has 2 aromatic heterocycles. The van der Waals surface area contributed by atoms with Crippen LogP contribution in [-0.4, -0.2) is 27.4 Å². The van der Waals surface area contributed by atoms with Gasteiger partial charge in [-0.25, -0.2) is 9.97 Å². The third-order valence-corrected chi connectivity index (χ3v) is 4.48. The van der Waals surface area contributed by atoms with Gasteiger partial charge in [0.15, 0.2) is 0 Å². The van der Waals surface area contributed by atoms with Crippen molar-refractivity contribution in [1.82, 2.24) is 15.0 Å². The molecule has 112 valence electrons. The summed E-state index contributed by atoms with van der Waals surface area (Å²) in [7, 11) is 0. The molecule has 2 heterocycles. The van der Waals surface area contributed by atoms with Crippen molar-refractivity contribution in [1.29, 1.82) is 0 Å². The summed E-state index contributed by atoms with van der Waals surface area (Å²) in [6, 6.07) is 8.08. The number of carbonyl (C=O) groups is 1. The molecule has 3 N–H and O–H groups in total. The van der Waals surface area contributed by atoms with E-state index in [9.17, 15) is 4.79 Å². The maximum Gasteiger partial charge on any atom is 0.268 e. The molecule has 22 heavy (non-hydrogen) atoms. The average Bonchev–Trinajstić information content (AvgIpc) is 2.97. The SMILES string of the molecule is C[C@@H](CNc1cncc(C(N)=O)n1)c1nc2ccccc2s1. The summed E-state index contributed by atoms with van der Waals surface area (Å²) < 4.78 is 1.18. The number of para-hydroxylation sites is 1. The van der Waals surface area contributed by atoms with Gasteiger partial charge in [0.25, 0.3) is 5.91 Å². The maximum absolute atomic E-state index is 11.1. The molecular weight excluding hydrogens is 298 g/mol. The fourth-order valence-corrected chi connectivity index (χ4v) is 3.03. The number of thiazole rings is 1. The molecule has 0 bridgehead atoms. The molecule has 0 saturated carbocycles. The van der Waals surface area contributed by atoms with Crippen LogP contribution in [0.2, 0.25) is 0 Å². The van der Waals surface area contributed by atoms with Crippen molar-refractivity contribution in [3.05, 3.63) is 47.4 Å². The second kappa shape index (κ2) is 6.07. The predicted octanol–water partition coefficient (Wildman–Crippen LogP) is 2.40. The van der Waals surface area contributed by atoms with Crippen molar-refractivity contribution in [2.75, 3.05) is 11.9 Å². The Morgan fingerprint density at radius 2 is 2.14 bits per heavy atom. The van der Waals surface area contributed by atoms with Crippen molar-refractivity contribution >= 4 is 33.3 Å². The first-order chi connectivity index (χ1) is 10.6. The number of aromatic nitrogens is 3. The second-order valence-corrected chi connectivity index (χ2v) is 6.02. The van der Waals surface area contributed by atoms with Crippen molar-refractivity contribution in [2.24, 2.45) is 5.73 Å². The highest BCUT2D eigenvalue weighted by molar-refractivity contribution is 7.18. The van der Waals surface area contributed by atoms with Gasteiger partial charge in [-0.05, 0) is 12.1 Å². The number of carbonyl (C=O) groups excluding carboxylic acids is 1. The molecule has 0 spiro atoms. The highest BCUT2D eigenvalue weighted by atomic mass is 32.1.